The SMILES string of the molecule is O[C@H]1C[C@@H]2CN(Cc3ccccc3C(F)(F)F)C[C@@H]21. The summed E-state index contributed by atoms with van der Waals surface area (Å²) in [7, 11) is 0. The first-order valence-electron chi connectivity index (χ1n) is 6.50. The molecule has 3 rings (SSSR count). The van der Waals surface area contributed by atoms with Crippen LogP contribution in [-0.2, 0) is 12.7 Å². The van der Waals surface area contributed by atoms with E-state index in [-0.39, 0.29) is 12.0 Å². The number of halogens is 3. The van der Waals surface area contributed by atoms with E-state index in [2.05, 4.69) is 0 Å². The maximum atomic E-state index is 12.9. The number of nitrogens with zero attached hydrogens (tertiary/aromatic N) is 1. The van der Waals surface area contributed by atoms with Gasteiger partial charge < -0.3 is 5.11 Å². The summed E-state index contributed by atoms with van der Waals surface area (Å²) in [6.07, 6.45) is -3.76. The second kappa shape index (κ2) is 4.49. The predicted octanol–water partition coefficient (Wildman–Crippen LogP) is 2.52. The van der Waals surface area contributed by atoms with Crippen molar-refractivity contribution < 1.29 is 18.3 Å². The third-order valence-electron chi connectivity index (χ3n) is 4.32. The molecule has 0 aromatic heterocycles. The summed E-state index contributed by atoms with van der Waals surface area (Å²) in [6, 6.07) is 5.74. The lowest BCUT2D eigenvalue weighted by Gasteiger charge is -2.35. The molecular weight excluding hydrogens is 255 g/mol. The molecule has 1 aliphatic heterocycles. The molecule has 1 aromatic rings. The van der Waals surface area contributed by atoms with Gasteiger partial charge in [0, 0.05) is 25.6 Å². The number of alkyl halides is 3. The molecule has 5 heteroatoms. The van der Waals surface area contributed by atoms with Crippen LogP contribution in [-0.4, -0.2) is 29.2 Å². The van der Waals surface area contributed by atoms with Gasteiger partial charge in [0.2, 0.25) is 0 Å². The van der Waals surface area contributed by atoms with Crippen LogP contribution in [0.2, 0.25) is 0 Å². The van der Waals surface area contributed by atoms with Crippen molar-refractivity contribution in [2.75, 3.05) is 13.1 Å². The van der Waals surface area contributed by atoms with Crippen LogP contribution >= 0.6 is 0 Å². The van der Waals surface area contributed by atoms with Gasteiger partial charge in [-0.05, 0) is 24.0 Å². The van der Waals surface area contributed by atoms with Gasteiger partial charge in [0.25, 0.3) is 0 Å². The molecule has 0 bridgehead atoms. The maximum absolute atomic E-state index is 12.9. The van der Waals surface area contributed by atoms with Crippen molar-refractivity contribution in [1.29, 1.82) is 0 Å². The number of benzene rings is 1. The van der Waals surface area contributed by atoms with Crippen LogP contribution in [0.25, 0.3) is 0 Å². The fraction of sp³-hybridized carbons (Fsp3) is 0.571. The van der Waals surface area contributed by atoms with Gasteiger partial charge in [-0.1, -0.05) is 18.2 Å². The van der Waals surface area contributed by atoms with E-state index in [0.29, 0.717) is 24.6 Å². The minimum atomic E-state index is -4.30. The first-order valence-corrected chi connectivity index (χ1v) is 6.50. The van der Waals surface area contributed by atoms with Gasteiger partial charge in [0.05, 0.1) is 11.7 Å². The third kappa shape index (κ3) is 2.37. The molecule has 1 saturated heterocycles. The average Bonchev–Trinajstić information content (AvgIpc) is 2.65. The largest absolute Gasteiger partial charge is 0.416 e. The summed E-state index contributed by atoms with van der Waals surface area (Å²) in [6.45, 7) is 1.82. The lowest BCUT2D eigenvalue weighted by Crippen LogP contribution is -2.39. The second-order valence-corrected chi connectivity index (χ2v) is 5.58. The first kappa shape index (κ1) is 12.9. The molecule has 1 aromatic carbocycles. The zero-order valence-corrected chi connectivity index (χ0v) is 10.4. The molecule has 1 N–H and O–H groups in total. The van der Waals surface area contributed by atoms with E-state index in [1.54, 1.807) is 12.1 Å². The molecule has 0 unspecified atom stereocenters. The van der Waals surface area contributed by atoms with Gasteiger partial charge >= 0.3 is 6.18 Å². The lowest BCUT2D eigenvalue weighted by atomic mass is 9.74. The molecule has 2 nitrogen and oxygen atoms in total. The van der Waals surface area contributed by atoms with E-state index in [9.17, 15) is 18.3 Å². The summed E-state index contributed by atoms with van der Waals surface area (Å²) in [5.74, 6) is 0.728. The highest BCUT2D eigenvalue weighted by molar-refractivity contribution is 5.29. The Morgan fingerprint density at radius 3 is 2.58 bits per heavy atom. The Morgan fingerprint density at radius 2 is 1.95 bits per heavy atom. The first-order chi connectivity index (χ1) is 8.95. The molecule has 1 aliphatic carbocycles. The molecule has 1 heterocycles. The zero-order valence-electron chi connectivity index (χ0n) is 10.4. The van der Waals surface area contributed by atoms with Crippen molar-refractivity contribution >= 4 is 0 Å². The molecular formula is C14H16F3NO. The number of rotatable bonds is 2. The summed E-state index contributed by atoms with van der Waals surface area (Å²) in [5, 5.41) is 9.58. The van der Waals surface area contributed by atoms with E-state index < -0.39 is 11.7 Å². The van der Waals surface area contributed by atoms with Crippen molar-refractivity contribution in [3.63, 3.8) is 0 Å². The number of likely N-dealkylation sites (tertiary alicyclic amines) is 1. The van der Waals surface area contributed by atoms with E-state index in [0.717, 1.165) is 19.0 Å². The van der Waals surface area contributed by atoms with Crippen molar-refractivity contribution in [2.45, 2.75) is 25.2 Å². The molecule has 3 atom stereocenters. The number of aliphatic hydroxyl groups is 1. The average molecular weight is 271 g/mol. The quantitative estimate of drug-likeness (QED) is 0.893. The number of hydrogen-bond acceptors (Lipinski definition) is 2. The smallest absolute Gasteiger partial charge is 0.393 e. The van der Waals surface area contributed by atoms with Crippen molar-refractivity contribution in [3.8, 4) is 0 Å². The Hall–Kier alpha value is -1.07. The van der Waals surface area contributed by atoms with Gasteiger partial charge in [0.15, 0.2) is 0 Å². The van der Waals surface area contributed by atoms with Crippen LogP contribution in [0.1, 0.15) is 17.5 Å². The van der Waals surface area contributed by atoms with E-state index in [4.69, 9.17) is 0 Å². The molecule has 0 amide bonds. The second-order valence-electron chi connectivity index (χ2n) is 5.58. The molecule has 2 aliphatic rings. The van der Waals surface area contributed by atoms with Gasteiger partial charge in [-0.25, -0.2) is 0 Å². The van der Waals surface area contributed by atoms with Crippen molar-refractivity contribution in [1.82, 2.24) is 4.90 Å². The highest BCUT2D eigenvalue weighted by Crippen LogP contribution is 2.41. The van der Waals surface area contributed by atoms with E-state index in [1.165, 1.54) is 6.07 Å². The highest BCUT2D eigenvalue weighted by atomic mass is 19.4. The highest BCUT2D eigenvalue weighted by Gasteiger charge is 2.46. The monoisotopic (exact) mass is 271 g/mol. The molecule has 0 radical (unpaired) electrons. The molecule has 104 valence electrons. The minimum Gasteiger partial charge on any atom is -0.393 e. The van der Waals surface area contributed by atoms with Crippen LogP contribution < -0.4 is 0 Å². The standard InChI is InChI=1S/C14H16F3NO/c15-14(16,17)12-4-2-1-3-9(12)6-18-7-10-5-13(19)11(10)8-18/h1-4,10-11,13,19H,5-8H2/t10-,11+,13+/m1/s1. The Balaban J connectivity index is 1.74. The van der Waals surface area contributed by atoms with Crippen LogP contribution in [0.5, 0.6) is 0 Å². The number of hydrogen-bond donors (Lipinski definition) is 1. The number of aliphatic hydroxyl groups excluding tert-OH is 1. The van der Waals surface area contributed by atoms with Crippen LogP contribution in [0.4, 0.5) is 13.2 Å². The topological polar surface area (TPSA) is 23.5 Å². The normalized spacial score (nSPS) is 31.1. The minimum absolute atomic E-state index is 0.257. The van der Waals surface area contributed by atoms with Crippen LogP contribution in [0.3, 0.4) is 0 Å². The van der Waals surface area contributed by atoms with Crippen molar-refractivity contribution in [2.24, 2.45) is 11.8 Å². The molecule has 1 saturated carbocycles. The fourth-order valence-corrected chi connectivity index (χ4v) is 3.27. The predicted molar refractivity (Wildman–Crippen MR) is 64.3 cm³/mol. The van der Waals surface area contributed by atoms with Crippen molar-refractivity contribution in [3.05, 3.63) is 35.4 Å². The Bertz CT molecular complexity index is 474. The summed E-state index contributed by atoms with van der Waals surface area (Å²) >= 11 is 0. The van der Waals surface area contributed by atoms with Crippen LogP contribution in [0.15, 0.2) is 24.3 Å². The maximum Gasteiger partial charge on any atom is 0.416 e. The molecule has 0 spiro atoms. The Morgan fingerprint density at radius 1 is 1.21 bits per heavy atom. The summed E-state index contributed by atoms with van der Waals surface area (Å²) < 4.78 is 38.7. The summed E-state index contributed by atoms with van der Waals surface area (Å²) in [4.78, 5) is 2.02. The fourth-order valence-electron chi connectivity index (χ4n) is 3.27. The summed E-state index contributed by atoms with van der Waals surface area (Å²) in [5.41, 5.74) is -0.222. The van der Waals surface area contributed by atoms with E-state index in [1.807, 2.05) is 4.90 Å². The van der Waals surface area contributed by atoms with Gasteiger partial charge in [-0.3, -0.25) is 4.90 Å². The lowest BCUT2D eigenvalue weighted by molar-refractivity contribution is -0.138. The third-order valence-corrected chi connectivity index (χ3v) is 4.32. The number of fused-ring (bicyclic) bond motifs is 1. The molecule has 19 heavy (non-hydrogen) atoms. The van der Waals surface area contributed by atoms with Crippen LogP contribution in [0, 0.1) is 11.8 Å². The van der Waals surface area contributed by atoms with Gasteiger partial charge in [-0.15, -0.1) is 0 Å². The van der Waals surface area contributed by atoms with Gasteiger partial charge in [0.1, 0.15) is 0 Å². The van der Waals surface area contributed by atoms with E-state index >= 15 is 0 Å². The van der Waals surface area contributed by atoms with Gasteiger partial charge in [-0.2, -0.15) is 13.2 Å². The Kier molecular flexibility index (Phi) is 3.06. The Labute approximate surface area is 109 Å². The molecule has 2 fully saturated rings. The zero-order chi connectivity index (χ0) is 13.6.